The third-order valence-corrected chi connectivity index (χ3v) is 6.83. The fourth-order valence-corrected chi connectivity index (χ4v) is 5.12. The largest absolute Gasteiger partial charge is 0.496 e. The van der Waals surface area contributed by atoms with E-state index >= 15 is 0 Å². The maximum atomic E-state index is 13.1. The second-order valence-electron chi connectivity index (χ2n) is 7.92. The molecular formula is C24H25N5O4S. The molecule has 5 rings (SSSR count). The van der Waals surface area contributed by atoms with Gasteiger partial charge in [0.2, 0.25) is 11.1 Å². The van der Waals surface area contributed by atoms with Crippen LogP contribution in [0.5, 0.6) is 17.2 Å². The van der Waals surface area contributed by atoms with Crippen LogP contribution in [0.25, 0.3) is 0 Å². The Bertz CT molecular complexity index is 1260. The van der Waals surface area contributed by atoms with Crippen LogP contribution in [0.15, 0.2) is 53.0 Å². The van der Waals surface area contributed by atoms with Gasteiger partial charge in [0, 0.05) is 41.3 Å². The molecule has 1 aliphatic heterocycles. The average molecular weight is 480 g/mol. The smallest absolute Gasteiger partial charge is 0.227 e. The van der Waals surface area contributed by atoms with Gasteiger partial charge in [0.25, 0.3) is 0 Å². The summed E-state index contributed by atoms with van der Waals surface area (Å²) in [6, 6.07) is 8.95. The lowest BCUT2D eigenvalue weighted by Crippen LogP contribution is -2.31. The quantitative estimate of drug-likeness (QED) is 0.504. The summed E-state index contributed by atoms with van der Waals surface area (Å²) in [7, 11) is 4.76. The van der Waals surface area contributed by atoms with Crippen molar-refractivity contribution in [1.29, 1.82) is 0 Å². The standard InChI is InChI=1S/C24H25N5O4S/c1-31-18-12-20(33-3)19(32-2)11-15(18)22-21-16(8-6-9-17(21)30)26-23-27-24(28-29(22)23)34-13-14-7-4-5-10-25-14/h4-5,7,10-12,22H,6,8-9,13H2,1-3H3,(H,26,27,28)/t22-/m0/s1. The first-order valence-electron chi connectivity index (χ1n) is 10.9. The van der Waals surface area contributed by atoms with Gasteiger partial charge < -0.3 is 19.5 Å². The van der Waals surface area contributed by atoms with Gasteiger partial charge in [0.1, 0.15) is 11.8 Å². The van der Waals surface area contributed by atoms with Gasteiger partial charge in [-0.2, -0.15) is 4.98 Å². The number of methoxy groups -OCH3 is 3. The Kier molecular flexibility index (Phi) is 6.14. The summed E-state index contributed by atoms with van der Waals surface area (Å²) in [5.41, 5.74) is 3.28. The number of thioether (sulfide) groups is 1. The molecule has 0 saturated carbocycles. The summed E-state index contributed by atoms with van der Waals surface area (Å²) in [5, 5.41) is 8.75. The summed E-state index contributed by atoms with van der Waals surface area (Å²) in [5.74, 6) is 3.01. The highest BCUT2D eigenvalue weighted by Gasteiger charge is 2.38. The molecular weight excluding hydrogens is 454 g/mol. The molecule has 0 amide bonds. The summed E-state index contributed by atoms with van der Waals surface area (Å²) >= 11 is 1.50. The van der Waals surface area contributed by atoms with Crippen LogP contribution in [0.2, 0.25) is 0 Å². The summed E-state index contributed by atoms with van der Waals surface area (Å²) < 4.78 is 18.5. The van der Waals surface area contributed by atoms with E-state index in [9.17, 15) is 4.79 Å². The van der Waals surface area contributed by atoms with Gasteiger partial charge >= 0.3 is 0 Å². The first kappa shape index (κ1) is 22.3. The molecule has 2 aromatic heterocycles. The van der Waals surface area contributed by atoms with Gasteiger partial charge in [-0.25, -0.2) is 4.68 Å². The Morgan fingerprint density at radius 3 is 2.62 bits per heavy atom. The molecule has 3 aromatic rings. The molecule has 0 radical (unpaired) electrons. The number of benzene rings is 1. The van der Waals surface area contributed by atoms with E-state index in [1.807, 2.05) is 24.3 Å². The second-order valence-corrected chi connectivity index (χ2v) is 8.86. The van der Waals surface area contributed by atoms with Gasteiger partial charge in [-0.3, -0.25) is 9.78 Å². The number of rotatable bonds is 7. The van der Waals surface area contributed by atoms with Crippen molar-refractivity contribution in [3.8, 4) is 17.2 Å². The molecule has 0 bridgehead atoms. The minimum Gasteiger partial charge on any atom is -0.496 e. The topological polar surface area (TPSA) is 100 Å². The Morgan fingerprint density at radius 1 is 1.09 bits per heavy atom. The normalized spacial score (nSPS) is 17.0. The molecule has 0 spiro atoms. The number of nitrogens with zero attached hydrogens (tertiary/aromatic N) is 4. The van der Waals surface area contributed by atoms with Crippen LogP contribution in [0.1, 0.15) is 36.6 Å². The van der Waals surface area contributed by atoms with Crippen LogP contribution in [-0.2, 0) is 10.5 Å². The molecule has 34 heavy (non-hydrogen) atoms. The monoisotopic (exact) mass is 479 g/mol. The van der Waals surface area contributed by atoms with E-state index in [-0.39, 0.29) is 5.78 Å². The van der Waals surface area contributed by atoms with E-state index in [0.717, 1.165) is 29.8 Å². The van der Waals surface area contributed by atoms with E-state index in [1.54, 1.807) is 38.3 Å². The third kappa shape index (κ3) is 3.98. The number of hydrogen-bond donors (Lipinski definition) is 1. The number of Topliss-reactive ketones (excluding diaryl/α,β-unsaturated/α-hetero) is 1. The molecule has 3 heterocycles. The molecule has 10 heteroatoms. The van der Waals surface area contributed by atoms with E-state index in [0.29, 0.717) is 46.1 Å². The van der Waals surface area contributed by atoms with Crippen molar-refractivity contribution in [2.24, 2.45) is 0 Å². The van der Waals surface area contributed by atoms with Crippen molar-refractivity contribution in [2.45, 2.75) is 36.2 Å². The zero-order chi connectivity index (χ0) is 23.7. The average Bonchev–Trinajstić information content (AvgIpc) is 3.28. The number of ether oxygens (including phenoxy) is 3. The Balaban J connectivity index is 1.60. The molecule has 1 aliphatic carbocycles. The van der Waals surface area contributed by atoms with Gasteiger partial charge in [-0.15, -0.1) is 5.10 Å². The SMILES string of the molecule is COc1cc(OC)c([C@H]2C3=C(CCCC3=O)Nc3nc(SCc4ccccn4)nn32)cc1OC. The van der Waals surface area contributed by atoms with E-state index < -0.39 is 6.04 Å². The number of allylic oxidation sites excluding steroid dienone is 2. The van der Waals surface area contributed by atoms with Crippen molar-refractivity contribution in [1.82, 2.24) is 19.7 Å². The summed E-state index contributed by atoms with van der Waals surface area (Å²) in [6.07, 6.45) is 3.84. The molecule has 9 nitrogen and oxygen atoms in total. The number of fused-ring (bicyclic) bond motifs is 1. The van der Waals surface area contributed by atoms with E-state index in [2.05, 4.69) is 10.3 Å². The van der Waals surface area contributed by atoms with Gasteiger partial charge in [-0.05, 0) is 31.0 Å². The molecule has 1 aromatic carbocycles. The van der Waals surface area contributed by atoms with Crippen LogP contribution in [0.4, 0.5) is 5.95 Å². The second kappa shape index (κ2) is 9.38. The van der Waals surface area contributed by atoms with Crippen molar-refractivity contribution in [3.05, 3.63) is 59.1 Å². The lowest BCUT2D eigenvalue weighted by atomic mass is 9.85. The molecule has 1 atom stereocenters. The van der Waals surface area contributed by atoms with Crippen molar-refractivity contribution in [2.75, 3.05) is 26.6 Å². The highest BCUT2D eigenvalue weighted by atomic mass is 32.2. The number of pyridine rings is 1. The van der Waals surface area contributed by atoms with Crippen LogP contribution in [-0.4, -0.2) is 46.9 Å². The fourth-order valence-electron chi connectivity index (χ4n) is 4.37. The van der Waals surface area contributed by atoms with Gasteiger partial charge in [0.15, 0.2) is 17.3 Å². The number of aromatic nitrogens is 4. The minimum atomic E-state index is -0.495. The lowest BCUT2D eigenvalue weighted by Gasteiger charge is -2.33. The number of hydrogen-bond acceptors (Lipinski definition) is 9. The molecule has 176 valence electrons. The van der Waals surface area contributed by atoms with Crippen molar-refractivity contribution in [3.63, 3.8) is 0 Å². The minimum absolute atomic E-state index is 0.0967. The zero-order valence-corrected chi connectivity index (χ0v) is 20.0. The summed E-state index contributed by atoms with van der Waals surface area (Å²) in [6.45, 7) is 0. The van der Waals surface area contributed by atoms with Crippen LogP contribution < -0.4 is 19.5 Å². The molecule has 1 N–H and O–H groups in total. The van der Waals surface area contributed by atoms with Crippen molar-refractivity contribution < 1.29 is 19.0 Å². The van der Waals surface area contributed by atoms with E-state index in [1.165, 1.54) is 11.8 Å². The maximum absolute atomic E-state index is 13.1. The summed E-state index contributed by atoms with van der Waals surface area (Å²) in [4.78, 5) is 22.2. The zero-order valence-electron chi connectivity index (χ0n) is 19.2. The Labute approximate surface area is 201 Å². The maximum Gasteiger partial charge on any atom is 0.227 e. The molecule has 0 fully saturated rings. The highest BCUT2D eigenvalue weighted by Crippen LogP contribution is 2.46. The van der Waals surface area contributed by atoms with Crippen LogP contribution in [0.3, 0.4) is 0 Å². The predicted octanol–water partition coefficient (Wildman–Crippen LogP) is 4.01. The van der Waals surface area contributed by atoms with E-state index in [4.69, 9.17) is 24.3 Å². The number of ketones is 1. The first-order valence-corrected chi connectivity index (χ1v) is 11.9. The lowest BCUT2D eigenvalue weighted by molar-refractivity contribution is -0.116. The Morgan fingerprint density at radius 2 is 1.88 bits per heavy atom. The number of nitrogens with one attached hydrogen (secondary N) is 1. The highest BCUT2D eigenvalue weighted by molar-refractivity contribution is 7.98. The van der Waals surface area contributed by atoms with Gasteiger partial charge in [-0.1, -0.05) is 17.8 Å². The number of carbonyl (C=O) groups excluding carboxylic acids is 1. The predicted molar refractivity (Wildman–Crippen MR) is 128 cm³/mol. The van der Waals surface area contributed by atoms with Gasteiger partial charge in [0.05, 0.1) is 27.0 Å². The number of anilines is 1. The molecule has 2 aliphatic rings. The molecule has 0 unspecified atom stereocenters. The van der Waals surface area contributed by atoms with Crippen molar-refractivity contribution >= 4 is 23.5 Å². The molecule has 0 saturated heterocycles. The number of carbonyl (C=O) groups is 1. The third-order valence-electron chi connectivity index (χ3n) is 5.95. The Hall–Kier alpha value is -3.53. The first-order chi connectivity index (χ1) is 16.6. The fraction of sp³-hybridized carbons (Fsp3) is 0.333. The van der Waals surface area contributed by atoms with Crippen LogP contribution >= 0.6 is 11.8 Å². The van der Waals surface area contributed by atoms with Crippen LogP contribution in [0, 0.1) is 0 Å².